The first-order chi connectivity index (χ1) is 11.1. The number of nitrogens with two attached hydrogens (primary N) is 1. The van der Waals surface area contributed by atoms with E-state index in [0.29, 0.717) is 33.8 Å². The SMILES string of the molecule is CCNC(=O)c1cc2c(/C(=N\O)C3CC=CO3)nc(N)nc2s1. The summed E-state index contributed by atoms with van der Waals surface area (Å²) < 4.78 is 5.39. The zero-order chi connectivity index (χ0) is 16.4. The first kappa shape index (κ1) is 15.2. The number of aromatic nitrogens is 2. The third-order valence-corrected chi connectivity index (χ3v) is 4.34. The topological polar surface area (TPSA) is 123 Å². The minimum atomic E-state index is -0.440. The van der Waals surface area contributed by atoms with E-state index in [1.807, 2.05) is 13.0 Å². The predicted molar refractivity (Wildman–Crippen MR) is 86.8 cm³/mol. The summed E-state index contributed by atoms with van der Waals surface area (Å²) in [5.74, 6) is -0.148. The van der Waals surface area contributed by atoms with Crippen molar-refractivity contribution in [2.24, 2.45) is 5.16 Å². The molecule has 2 aromatic heterocycles. The molecule has 3 rings (SSSR count). The van der Waals surface area contributed by atoms with E-state index in [1.54, 1.807) is 12.3 Å². The van der Waals surface area contributed by atoms with Crippen molar-refractivity contribution in [2.75, 3.05) is 12.3 Å². The fourth-order valence-electron chi connectivity index (χ4n) is 2.32. The molecular formula is C14H15N5O3S. The number of nitrogen functional groups attached to an aromatic ring is 1. The third kappa shape index (κ3) is 2.82. The summed E-state index contributed by atoms with van der Waals surface area (Å²) in [4.78, 5) is 21.4. The molecule has 120 valence electrons. The Morgan fingerprint density at radius 1 is 1.61 bits per heavy atom. The lowest BCUT2D eigenvalue weighted by Gasteiger charge is -2.12. The van der Waals surface area contributed by atoms with E-state index in [-0.39, 0.29) is 17.6 Å². The molecule has 2 aromatic rings. The number of carbonyl (C=O) groups is 1. The minimum absolute atomic E-state index is 0.0453. The number of anilines is 1. The molecular weight excluding hydrogens is 318 g/mol. The number of thiophene rings is 1. The molecule has 0 aliphatic carbocycles. The second-order valence-electron chi connectivity index (χ2n) is 4.84. The van der Waals surface area contributed by atoms with E-state index in [9.17, 15) is 10.0 Å². The van der Waals surface area contributed by atoms with Crippen LogP contribution >= 0.6 is 11.3 Å². The van der Waals surface area contributed by atoms with Crippen LogP contribution in [0, 0.1) is 0 Å². The molecule has 0 saturated carbocycles. The highest BCUT2D eigenvalue weighted by atomic mass is 32.1. The van der Waals surface area contributed by atoms with Crippen molar-refractivity contribution in [3.63, 3.8) is 0 Å². The maximum absolute atomic E-state index is 12.0. The van der Waals surface area contributed by atoms with Gasteiger partial charge in [-0.25, -0.2) is 9.97 Å². The standard InChI is InChI=1S/C14H15N5O3S/c1-2-16-12(20)9-6-7-10(17-14(15)18-13(7)23-9)11(19-21)8-4-3-5-22-8/h3,5-6,8,21H,2,4H2,1H3,(H,16,20)(H2,15,17,18)/b19-11-. The maximum atomic E-state index is 12.0. The highest BCUT2D eigenvalue weighted by molar-refractivity contribution is 7.20. The molecule has 0 spiro atoms. The number of nitrogens with zero attached hydrogens (tertiary/aromatic N) is 3. The summed E-state index contributed by atoms with van der Waals surface area (Å²) in [6.07, 6.45) is 3.50. The normalized spacial score (nSPS) is 17.4. The Balaban J connectivity index is 2.10. The number of ether oxygens (including phenoxy) is 1. The Kier molecular flexibility index (Phi) is 4.11. The molecule has 0 bridgehead atoms. The molecule has 0 aromatic carbocycles. The van der Waals surface area contributed by atoms with Crippen molar-refractivity contribution in [3.05, 3.63) is 29.0 Å². The number of hydrogen-bond acceptors (Lipinski definition) is 8. The number of rotatable bonds is 4. The van der Waals surface area contributed by atoms with Crippen LogP contribution in [0.2, 0.25) is 0 Å². The molecule has 0 fully saturated rings. The fraction of sp³-hybridized carbons (Fsp3) is 0.286. The van der Waals surface area contributed by atoms with Crippen molar-refractivity contribution in [3.8, 4) is 0 Å². The number of hydrogen-bond donors (Lipinski definition) is 3. The maximum Gasteiger partial charge on any atom is 0.261 e. The van der Waals surface area contributed by atoms with Crippen LogP contribution in [-0.2, 0) is 4.74 Å². The van der Waals surface area contributed by atoms with Gasteiger partial charge in [-0.05, 0) is 19.1 Å². The number of nitrogens with one attached hydrogen (secondary N) is 1. The van der Waals surface area contributed by atoms with E-state index in [1.165, 1.54) is 11.3 Å². The van der Waals surface area contributed by atoms with Crippen LogP contribution in [0.4, 0.5) is 5.95 Å². The Bertz CT molecular complexity index is 806. The van der Waals surface area contributed by atoms with Gasteiger partial charge in [0.1, 0.15) is 22.3 Å². The third-order valence-electron chi connectivity index (χ3n) is 3.32. The van der Waals surface area contributed by atoms with Gasteiger partial charge in [0.25, 0.3) is 5.91 Å². The van der Waals surface area contributed by atoms with Crippen molar-refractivity contribution >= 4 is 39.1 Å². The average Bonchev–Trinajstić information content (AvgIpc) is 3.17. The zero-order valence-corrected chi connectivity index (χ0v) is 13.1. The van der Waals surface area contributed by atoms with Gasteiger partial charge >= 0.3 is 0 Å². The van der Waals surface area contributed by atoms with Crippen molar-refractivity contribution in [1.29, 1.82) is 0 Å². The molecule has 1 atom stereocenters. The van der Waals surface area contributed by atoms with Crippen molar-refractivity contribution in [2.45, 2.75) is 19.4 Å². The van der Waals surface area contributed by atoms with Crippen LogP contribution in [0.15, 0.2) is 23.6 Å². The van der Waals surface area contributed by atoms with Gasteiger partial charge in [-0.2, -0.15) is 0 Å². The summed E-state index contributed by atoms with van der Waals surface area (Å²) in [7, 11) is 0. The van der Waals surface area contributed by atoms with E-state index < -0.39 is 6.10 Å². The van der Waals surface area contributed by atoms with E-state index in [0.717, 1.165) is 0 Å². The smallest absolute Gasteiger partial charge is 0.261 e. The lowest BCUT2D eigenvalue weighted by Crippen LogP contribution is -2.23. The van der Waals surface area contributed by atoms with Gasteiger partial charge in [-0.15, -0.1) is 11.3 Å². The van der Waals surface area contributed by atoms with Crippen LogP contribution < -0.4 is 11.1 Å². The Morgan fingerprint density at radius 3 is 3.09 bits per heavy atom. The Hall–Kier alpha value is -2.68. The van der Waals surface area contributed by atoms with E-state index in [2.05, 4.69) is 20.4 Å². The number of oxime groups is 1. The Labute approximate surface area is 135 Å². The fourth-order valence-corrected chi connectivity index (χ4v) is 3.27. The second-order valence-corrected chi connectivity index (χ2v) is 5.87. The van der Waals surface area contributed by atoms with Gasteiger partial charge in [0, 0.05) is 18.4 Å². The molecule has 3 heterocycles. The molecule has 23 heavy (non-hydrogen) atoms. The lowest BCUT2D eigenvalue weighted by atomic mass is 10.1. The molecule has 1 aliphatic heterocycles. The molecule has 9 heteroatoms. The molecule has 0 radical (unpaired) electrons. The van der Waals surface area contributed by atoms with Gasteiger partial charge < -0.3 is 21.0 Å². The van der Waals surface area contributed by atoms with Gasteiger partial charge in [-0.1, -0.05) is 5.16 Å². The van der Waals surface area contributed by atoms with E-state index >= 15 is 0 Å². The first-order valence-electron chi connectivity index (χ1n) is 7.02. The number of fused-ring (bicyclic) bond motifs is 1. The van der Waals surface area contributed by atoms with Gasteiger partial charge in [0.2, 0.25) is 5.95 Å². The highest BCUT2D eigenvalue weighted by Crippen LogP contribution is 2.29. The largest absolute Gasteiger partial charge is 0.492 e. The summed E-state index contributed by atoms with van der Waals surface area (Å²) in [5.41, 5.74) is 6.38. The minimum Gasteiger partial charge on any atom is -0.492 e. The second kappa shape index (κ2) is 6.21. The number of carbonyl (C=O) groups excluding carboxylic acids is 1. The summed E-state index contributed by atoms with van der Waals surface area (Å²) >= 11 is 1.21. The predicted octanol–water partition coefficient (Wildman–Crippen LogP) is 1.50. The molecule has 0 saturated heterocycles. The zero-order valence-electron chi connectivity index (χ0n) is 12.3. The van der Waals surface area contributed by atoms with Crippen molar-refractivity contribution in [1.82, 2.24) is 15.3 Å². The molecule has 1 amide bonds. The summed E-state index contributed by atoms with van der Waals surface area (Å²) in [6.45, 7) is 2.37. The van der Waals surface area contributed by atoms with Crippen LogP contribution in [0.1, 0.15) is 28.7 Å². The summed E-state index contributed by atoms with van der Waals surface area (Å²) in [5, 5.41) is 16.1. The highest BCUT2D eigenvalue weighted by Gasteiger charge is 2.26. The Morgan fingerprint density at radius 2 is 2.43 bits per heavy atom. The molecule has 4 N–H and O–H groups in total. The molecule has 1 unspecified atom stereocenters. The molecule has 1 aliphatic rings. The monoisotopic (exact) mass is 333 g/mol. The lowest BCUT2D eigenvalue weighted by molar-refractivity contribution is 0.0960. The quantitative estimate of drug-likeness (QED) is 0.443. The van der Waals surface area contributed by atoms with Crippen LogP contribution in [0.25, 0.3) is 10.2 Å². The van der Waals surface area contributed by atoms with Crippen molar-refractivity contribution < 1.29 is 14.7 Å². The van der Waals surface area contributed by atoms with Crippen LogP contribution in [0.5, 0.6) is 0 Å². The van der Waals surface area contributed by atoms with Gasteiger partial charge in [0.05, 0.1) is 11.1 Å². The number of amides is 1. The van der Waals surface area contributed by atoms with Gasteiger partial charge in [-0.3, -0.25) is 4.79 Å². The van der Waals surface area contributed by atoms with Gasteiger partial charge in [0.15, 0.2) is 0 Å². The first-order valence-corrected chi connectivity index (χ1v) is 7.83. The van der Waals surface area contributed by atoms with Crippen LogP contribution in [-0.4, -0.2) is 39.4 Å². The van der Waals surface area contributed by atoms with E-state index in [4.69, 9.17) is 10.5 Å². The summed E-state index contributed by atoms with van der Waals surface area (Å²) in [6, 6.07) is 1.67. The molecule has 8 nitrogen and oxygen atoms in total. The van der Waals surface area contributed by atoms with Crippen LogP contribution in [0.3, 0.4) is 0 Å². The average molecular weight is 333 g/mol.